The van der Waals surface area contributed by atoms with E-state index in [1.54, 1.807) is 60.7 Å². The molecule has 0 fully saturated rings. The number of hydrogen-bond acceptors (Lipinski definition) is 2. The average Bonchev–Trinajstić information content (AvgIpc) is 2.39. The van der Waals surface area contributed by atoms with Crippen LogP contribution in [0.15, 0.2) is 64.9 Å². The normalized spacial score (nSPS) is 11.8. The van der Waals surface area contributed by atoms with E-state index in [1.807, 2.05) is 0 Å². The minimum Gasteiger partial charge on any atom is -0.219 e. The molecular weight excluding hydrogens is 268 g/mol. The highest BCUT2D eigenvalue weighted by Crippen LogP contribution is 2.15. The van der Waals surface area contributed by atoms with Gasteiger partial charge in [-0.15, -0.1) is 0 Å². The Labute approximate surface area is 111 Å². The van der Waals surface area contributed by atoms with Crippen LogP contribution in [-0.2, 0) is 9.84 Å². The second-order valence-corrected chi connectivity index (χ2v) is 5.98. The monoisotopic (exact) mass is 278 g/mol. The molecule has 0 aliphatic rings. The van der Waals surface area contributed by atoms with E-state index in [2.05, 4.69) is 0 Å². The Morgan fingerprint density at radius 3 is 2.11 bits per heavy atom. The maximum absolute atomic E-state index is 12.0. The van der Waals surface area contributed by atoms with Crippen molar-refractivity contribution in [2.75, 3.05) is 0 Å². The molecule has 0 aliphatic heterocycles. The number of benzene rings is 2. The summed E-state index contributed by atoms with van der Waals surface area (Å²) in [6.45, 7) is 0. The van der Waals surface area contributed by atoms with Gasteiger partial charge in [0, 0.05) is 10.4 Å². The predicted octanol–water partition coefficient (Wildman–Crippen LogP) is 3.78. The molecule has 2 aromatic carbocycles. The largest absolute Gasteiger partial charge is 0.219 e. The van der Waals surface area contributed by atoms with Crippen molar-refractivity contribution in [2.45, 2.75) is 4.90 Å². The highest BCUT2D eigenvalue weighted by Gasteiger charge is 2.08. The lowest BCUT2D eigenvalue weighted by Gasteiger charge is -1.98. The van der Waals surface area contributed by atoms with E-state index in [4.69, 9.17) is 11.6 Å². The first kappa shape index (κ1) is 12.9. The third-order valence-electron chi connectivity index (χ3n) is 2.38. The zero-order valence-corrected chi connectivity index (χ0v) is 11.0. The Balaban J connectivity index is 2.26. The molecule has 0 bridgehead atoms. The SMILES string of the molecule is O=S(=O)(/C=C\c1ccc(Cl)cc1)c1ccccc1. The standard InChI is InChI=1S/C14H11ClO2S/c15-13-8-6-12(7-9-13)10-11-18(16,17)14-4-2-1-3-5-14/h1-11H/b11-10-. The molecule has 0 aromatic heterocycles. The van der Waals surface area contributed by atoms with Crippen molar-refractivity contribution in [3.05, 3.63) is 70.6 Å². The molecule has 0 atom stereocenters. The maximum atomic E-state index is 12.0. The second-order valence-electron chi connectivity index (χ2n) is 3.71. The summed E-state index contributed by atoms with van der Waals surface area (Å²) in [5.41, 5.74) is 0.791. The summed E-state index contributed by atoms with van der Waals surface area (Å²) < 4.78 is 23.9. The highest BCUT2D eigenvalue weighted by atomic mass is 35.5. The molecule has 0 heterocycles. The van der Waals surface area contributed by atoms with Crippen molar-refractivity contribution < 1.29 is 8.42 Å². The molecule has 0 unspecified atom stereocenters. The predicted molar refractivity (Wildman–Crippen MR) is 74.1 cm³/mol. The minimum absolute atomic E-state index is 0.287. The van der Waals surface area contributed by atoms with Crippen LogP contribution in [0.2, 0.25) is 5.02 Å². The van der Waals surface area contributed by atoms with E-state index in [0.717, 1.165) is 5.56 Å². The Morgan fingerprint density at radius 2 is 1.50 bits per heavy atom. The lowest BCUT2D eigenvalue weighted by molar-refractivity contribution is 0.605. The first-order valence-electron chi connectivity index (χ1n) is 5.32. The first-order valence-corrected chi connectivity index (χ1v) is 7.24. The molecule has 0 saturated carbocycles. The zero-order chi connectivity index (χ0) is 13.0. The van der Waals surface area contributed by atoms with Crippen LogP contribution >= 0.6 is 11.6 Å². The van der Waals surface area contributed by atoms with Crippen LogP contribution in [0.5, 0.6) is 0 Å². The zero-order valence-electron chi connectivity index (χ0n) is 9.45. The molecular formula is C14H11ClO2S. The van der Waals surface area contributed by atoms with Crippen LogP contribution in [0, 0.1) is 0 Å². The first-order chi connectivity index (χ1) is 8.58. The van der Waals surface area contributed by atoms with Gasteiger partial charge in [0.05, 0.1) is 4.90 Å². The summed E-state index contributed by atoms with van der Waals surface area (Å²) >= 11 is 5.76. The van der Waals surface area contributed by atoms with Gasteiger partial charge in [-0.1, -0.05) is 41.9 Å². The van der Waals surface area contributed by atoms with Crippen LogP contribution in [0.25, 0.3) is 6.08 Å². The quantitative estimate of drug-likeness (QED) is 0.856. The van der Waals surface area contributed by atoms with Crippen molar-refractivity contribution in [3.8, 4) is 0 Å². The van der Waals surface area contributed by atoms with Gasteiger partial charge in [0.1, 0.15) is 0 Å². The van der Waals surface area contributed by atoms with E-state index in [-0.39, 0.29) is 4.90 Å². The molecule has 2 nitrogen and oxygen atoms in total. The van der Waals surface area contributed by atoms with Crippen molar-refractivity contribution in [1.29, 1.82) is 0 Å². The molecule has 0 saturated heterocycles. The Hall–Kier alpha value is -1.58. The van der Waals surface area contributed by atoms with Gasteiger partial charge in [0.2, 0.25) is 0 Å². The third-order valence-corrected chi connectivity index (χ3v) is 4.06. The molecule has 92 valence electrons. The van der Waals surface area contributed by atoms with Crippen LogP contribution in [-0.4, -0.2) is 8.42 Å². The van der Waals surface area contributed by atoms with Crippen molar-refractivity contribution in [2.24, 2.45) is 0 Å². The fourth-order valence-electron chi connectivity index (χ4n) is 1.43. The van der Waals surface area contributed by atoms with Crippen LogP contribution in [0.1, 0.15) is 5.56 Å². The van der Waals surface area contributed by atoms with Gasteiger partial charge in [-0.2, -0.15) is 0 Å². The molecule has 4 heteroatoms. The minimum atomic E-state index is -3.38. The van der Waals surface area contributed by atoms with E-state index >= 15 is 0 Å². The third kappa shape index (κ3) is 3.22. The Morgan fingerprint density at radius 1 is 0.889 bits per heavy atom. The van der Waals surface area contributed by atoms with Crippen LogP contribution in [0.3, 0.4) is 0 Å². The van der Waals surface area contributed by atoms with Crippen LogP contribution in [0.4, 0.5) is 0 Å². The van der Waals surface area contributed by atoms with Crippen molar-refractivity contribution >= 4 is 27.5 Å². The highest BCUT2D eigenvalue weighted by molar-refractivity contribution is 7.94. The molecule has 2 rings (SSSR count). The topological polar surface area (TPSA) is 34.1 Å². The lowest BCUT2D eigenvalue weighted by Crippen LogP contribution is -1.95. The van der Waals surface area contributed by atoms with Gasteiger partial charge in [0.25, 0.3) is 0 Å². The average molecular weight is 279 g/mol. The summed E-state index contributed by atoms with van der Waals surface area (Å²) in [7, 11) is -3.38. The summed E-state index contributed by atoms with van der Waals surface area (Å²) in [5.74, 6) is 0. The summed E-state index contributed by atoms with van der Waals surface area (Å²) in [5, 5.41) is 1.82. The van der Waals surface area contributed by atoms with Crippen molar-refractivity contribution in [3.63, 3.8) is 0 Å². The number of halogens is 1. The van der Waals surface area contributed by atoms with Gasteiger partial charge in [0.15, 0.2) is 9.84 Å². The smallest absolute Gasteiger partial charge is 0.199 e. The number of sulfone groups is 1. The van der Waals surface area contributed by atoms with E-state index < -0.39 is 9.84 Å². The van der Waals surface area contributed by atoms with Gasteiger partial charge in [-0.05, 0) is 35.9 Å². The van der Waals surface area contributed by atoms with Gasteiger partial charge < -0.3 is 0 Å². The molecule has 0 N–H and O–H groups in total. The van der Waals surface area contributed by atoms with Gasteiger partial charge in [-0.25, -0.2) is 8.42 Å². The Bertz CT molecular complexity index is 644. The molecule has 18 heavy (non-hydrogen) atoms. The molecule has 0 radical (unpaired) electrons. The summed E-state index contributed by atoms with van der Waals surface area (Å²) in [6.07, 6.45) is 1.55. The van der Waals surface area contributed by atoms with Gasteiger partial charge >= 0.3 is 0 Å². The van der Waals surface area contributed by atoms with Crippen molar-refractivity contribution in [1.82, 2.24) is 0 Å². The molecule has 0 aliphatic carbocycles. The van der Waals surface area contributed by atoms with E-state index in [9.17, 15) is 8.42 Å². The molecule has 0 amide bonds. The Kier molecular flexibility index (Phi) is 3.84. The number of rotatable bonds is 3. The maximum Gasteiger partial charge on any atom is 0.199 e. The van der Waals surface area contributed by atoms with Crippen LogP contribution < -0.4 is 0 Å². The molecule has 0 spiro atoms. The van der Waals surface area contributed by atoms with E-state index in [0.29, 0.717) is 5.02 Å². The fourth-order valence-corrected chi connectivity index (χ4v) is 2.59. The number of hydrogen-bond donors (Lipinski definition) is 0. The molecule has 2 aromatic rings. The second kappa shape index (κ2) is 5.38. The summed E-state index contributed by atoms with van der Waals surface area (Å²) in [6, 6.07) is 15.3. The van der Waals surface area contributed by atoms with Gasteiger partial charge in [-0.3, -0.25) is 0 Å². The fraction of sp³-hybridized carbons (Fsp3) is 0. The van der Waals surface area contributed by atoms with E-state index in [1.165, 1.54) is 5.41 Å². The lowest BCUT2D eigenvalue weighted by atomic mass is 10.2. The summed E-state index contributed by atoms with van der Waals surface area (Å²) in [4.78, 5) is 0.287.